The van der Waals surface area contributed by atoms with Gasteiger partial charge in [-0.3, -0.25) is 9.59 Å². The largest absolute Gasteiger partial charge is 0.481 e. The first kappa shape index (κ1) is 14.6. The van der Waals surface area contributed by atoms with Crippen molar-refractivity contribution in [1.29, 1.82) is 0 Å². The highest BCUT2D eigenvalue weighted by molar-refractivity contribution is 7.20. The Balaban J connectivity index is 2.08. The number of carboxylic acids is 1. The lowest BCUT2D eigenvalue weighted by Gasteiger charge is -2.36. The minimum Gasteiger partial charge on any atom is -0.481 e. The number of thiophene rings is 1. The average Bonchev–Trinajstić information content (AvgIpc) is 2.68. The summed E-state index contributed by atoms with van der Waals surface area (Å²) < 4.78 is 0.849. The van der Waals surface area contributed by atoms with Crippen LogP contribution in [0.15, 0.2) is 6.07 Å². The van der Waals surface area contributed by atoms with Crippen LogP contribution in [0, 0.1) is 5.41 Å². The van der Waals surface area contributed by atoms with Crippen molar-refractivity contribution in [2.45, 2.75) is 19.8 Å². The van der Waals surface area contributed by atoms with E-state index in [1.165, 1.54) is 0 Å². The number of piperidine rings is 1. The van der Waals surface area contributed by atoms with Crippen LogP contribution in [-0.2, 0) is 4.79 Å². The lowest BCUT2D eigenvalue weighted by molar-refractivity contribution is -0.150. The molecular weight excluding hydrogens is 309 g/mol. The highest BCUT2D eigenvalue weighted by Gasteiger charge is 2.38. The number of carboxylic acid groups (broad SMARTS) is 1. The van der Waals surface area contributed by atoms with Crippen LogP contribution in [0.4, 0.5) is 0 Å². The van der Waals surface area contributed by atoms with E-state index >= 15 is 0 Å². The molecule has 1 N–H and O–H groups in total. The second-order valence-corrected chi connectivity index (χ2v) is 7.18. The maximum Gasteiger partial charge on any atom is 0.309 e. The fourth-order valence-electron chi connectivity index (χ4n) is 2.07. The third kappa shape index (κ3) is 2.88. The van der Waals surface area contributed by atoms with E-state index in [4.69, 9.17) is 28.3 Å². The van der Waals surface area contributed by atoms with Crippen LogP contribution in [0.2, 0.25) is 8.67 Å². The molecule has 0 unspecified atom stereocenters. The standard InChI is InChI=1S/C12H13Cl2NO3S/c1-12(11(17)18)2-4-15(5-3-12)10(16)7-6-8(13)19-9(7)14/h6H,2-5H2,1H3,(H,17,18). The van der Waals surface area contributed by atoms with Gasteiger partial charge in [-0.2, -0.15) is 0 Å². The summed E-state index contributed by atoms with van der Waals surface area (Å²) in [5.41, 5.74) is -0.344. The third-order valence-electron chi connectivity index (χ3n) is 3.56. The summed E-state index contributed by atoms with van der Waals surface area (Å²) in [5, 5.41) is 9.15. The Labute approximate surface area is 124 Å². The third-order valence-corrected chi connectivity index (χ3v) is 5.05. The summed E-state index contributed by atoms with van der Waals surface area (Å²) in [5.74, 6) is -0.989. The van der Waals surface area contributed by atoms with Crippen molar-refractivity contribution in [3.05, 3.63) is 20.3 Å². The molecule has 1 aromatic rings. The zero-order valence-electron chi connectivity index (χ0n) is 10.3. The van der Waals surface area contributed by atoms with E-state index in [0.717, 1.165) is 11.3 Å². The lowest BCUT2D eigenvalue weighted by Crippen LogP contribution is -2.45. The number of carbonyl (C=O) groups is 2. The number of halogens is 2. The number of likely N-dealkylation sites (tertiary alicyclic amines) is 1. The van der Waals surface area contributed by atoms with Crippen molar-refractivity contribution in [3.63, 3.8) is 0 Å². The fourth-order valence-corrected chi connectivity index (χ4v) is 3.52. The molecule has 0 radical (unpaired) electrons. The minimum absolute atomic E-state index is 0.180. The predicted molar refractivity (Wildman–Crippen MR) is 75.2 cm³/mol. The maximum atomic E-state index is 12.3. The molecule has 1 aliphatic heterocycles. The highest BCUT2D eigenvalue weighted by atomic mass is 35.5. The summed E-state index contributed by atoms with van der Waals surface area (Å²) >= 11 is 12.9. The summed E-state index contributed by atoms with van der Waals surface area (Å²) in [7, 11) is 0. The van der Waals surface area contributed by atoms with Crippen molar-refractivity contribution in [3.8, 4) is 0 Å². The van der Waals surface area contributed by atoms with E-state index in [1.807, 2.05) is 0 Å². The second-order valence-electron chi connectivity index (χ2n) is 4.90. The Morgan fingerprint density at radius 2 is 1.95 bits per heavy atom. The van der Waals surface area contributed by atoms with Gasteiger partial charge in [-0.15, -0.1) is 11.3 Å². The van der Waals surface area contributed by atoms with Crippen LogP contribution in [0.1, 0.15) is 30.1 Å². The summed E-state index contributed by atoms with van der Waals surface area (Å²) in [4.78, 5) is 25.0. The molecule has 0 saturated carbocycles. The number of rotatable bonds is 2. The number of hydrogen-bond donors (Lipinski definition) is 1. The Morgan fingerprint density at radius 1 is 1.37 bits per heavy atom. The van der Waals surface area contributed by atoms with E-state index in [1.54, 1.807) is 17.9 Å². The van der Waals surface area contributed by atoms with Crippen LogP contribution in [0.3, 0.4) is 0 Å². The highest BCUT2D eigenvalue weighted by Crippen LogP contribution is 2.35. The fraction of sp³-hybridized carbons (Fsp3) is 0.500. The summed E-state index contributed by atoms with van der Waals surface area (Å²) in [6.45, 7) is 2.56. The first-order chi connectivity index (χ1) is 8.83. The SMILES string of the molecule is CC1(C(=O)O)CCN(C(=O)c2cc(Cl)sc2Cl)CC1. The van der Waals surface area contributed by atoms with Gasteiger partial charge >= 0.3 is 5.97 Å². The molecule has 1 saturated heterocycles. The molecule has 1 aliphatic rings. The van der Waals surface area contributed by atoms with Crippen molar-refractivity contribution in [1.82, 2.24) is 4.90 Å². The maximum absolute atomic E-state index is 12.3. The lowest BCUT2D eigenvalue weighted by atomic mass is 9.80. The number of aliphatic carboxylic acids is 1. The van der Waals surface area contributed by atoms with Gasteiger partial charge < -0.3 is 10.0 Å². The molecule has 1 aromatic heterocycles. The van der Waals surface area contributed by atoms with E-state index < -0.39 is 11.4 Å². The Hall–Kier alpha value is -0.780. The van der Waals surface area contributed by atoms with Gasteiger partial charge in [0.1, 0.15) is 4.34 Å². The topological polar surface area (TPSA) is 57.6 Å². The van der Waals surface area contributed by atoms with Gasteiger partial charge in [-0.25, -0.2) is 0 Å². The Bertz CT molecular complexity index is 521. The number of carbonyl (C=O) groups excluding carboxylic acids is 1. The van der Waals surface area contributed by atoms with Gasteiger partial charge in [0.25, 0.3) is 5.91 Å². The van der Waals surface area contributed by atoms with Gasteiger partial charge in [-0.05, 0) is 25.8 Å². The van der Waals surface area contributed by atoms with Crippen LogP contribution in [0.25, 0.3) is 0 Å². The first-order valence-electron chi connectivity index (χ1n) is 5.81. The van der Waals surface area contributed by atoms with Gasteiger partial charge in [-0.1, -0.05) is 23.2 Å². The molecule has 2 rings (SSSR count). The molecule has 0 spiro atoms. The molecule has 19 heavy (non-hydrogen) atoms. The van der Waals surface area contributed by atoms with Crippen molar-refractivity contribution >= 4 is 46.4 Å². The van der Waals surface area contributed by atoms with Gasteiger partial charge in [0.2, 0.25) is 0 Å². The zero-order valence-corrected chi connectivity index (χ0v) is 12.6. The van der Waals surface area contributed by atoms with E-state index in [-0.39, 0.29) is 5.91 Å². The minimum atomic E-state index is -0.809. The smallest absolute Gasteiger partial charge is 0.309 e. The molecule has 0 aliphatic carbocycles. The number of hydrogen-bond acceptors (Lipinski definition) is 3. The van der Waals surface area contributed by atoms with Crippen molar-refractivity contribution in [2.24, 2.45) is 5.41 Å². The molecule has 4 nitrogen and oxygen atoms in total. The molecule has 104 valence electrons. The quantitative estimate of drug-likeness (QED) is 0.908. The van der Waals surface area contributed by atoms with E-state index in [0.29, 0.717) is 40.2 Å². The van der Waals surface area contributed by atoms with Gasteiger partial charge in [0, 0.05) is 13.1 Å². The zero-order chi connectivity index (χ0) is 14.2. The van der Waals surface area contributed by atoms with E-state index in [9.17, 15) is 9.59 Å². The summed E-state index contributed by atoms with van der Waals surface area (Å²) in [6.07, 6.45) is 0.896. The van der Waals surface area contributed by atoms with Crippen molar-refractivity contribution < 1.29 is 14.7 Å². The molecule has 0 aromatic carbocycles. The van der Waals surface area contributed by atoms with Crippen LogP contribution in [-0.4, -0.2) is 35.0 Å². The summed E-state index contributed by atoms with van der Waals surface area (Å²) in [6, 6.07) is 1.56. The first-order valence-corrected chi connectivity index (χ1v) is 7.38. The molecular formula is C12H13Cl2NO3S. The molecule has 0 bridgehead atoms. The second kappa shape index (κ2) is 5.31. The molecule has 7 heteroatoms. The Kier molecular flexibility index (Phi) is 4.08. The van der Waals surface area contributed by atoms with Gasteiger partial charge in [0.15, 0.2) is 0 Å². The van der Waals surface area contributed by atoms with Crippen molar-refractivity contribution in [2.75, 3.05) is 13.1 Å². The van der Waals surface area contributed by atoms with Crippen LogP contribution >= 0.6 is 34.5 Å². The predicted octanol–water partition coefficient (Wildman–Crippen LogP) is 3.38. The molecule has 0 atom stereocenters. The van der Waals surface area contributed by atoms with E-state index in [2.05, 4.69) is 0 Å². The number of amides is 1. The van der Waals surface area contributed by atoms with Crippen LogP contribution in [0.5, 0.6) is 0 Å². The van der Waals surface area contributed by atoms with Crippen LogP contribution < -0.4 is 0 Å². The molecule has 1 fully saturated rings. The molecule has 1 amide bonds. The monoisotopic (exact) mass is 321 g/mol. The average molecular weight is 322 g/mol. The number of nitrogens with zero attached hydrogens (tertiary/aromatic N) is 1. The Morgan fingerprint density at radius 3 is 2.37 bits per heavy atom. The van der Waals surface area contributed by atoms with Gasteiger partial charge in [0.05, 0.1) is 15.3 Å². The molecule has 2 heterocycles. The normalized spacial score (nSPS) is 18.4.